The minimum atomic E-state index is -1.18. The molecule has 0 aromatic rings. The number of hydrogen-bond donors (Lipinski definition) is 4. The molecule has 5 amide bonds. The summed E-state index contributed by atoms with van der Waals surface area (Å²) in [5.74, 6) is -3.92. The number of Topliss-reactive ketones (excluding diaryl/α,β-unsaturated/α-hetero) is 1. The van der Waals surface area contributed by atoms with E-state index in [9.17, 15) is 24.0 Å². The Bertz CT molecular complexity index is 947. The van der Waals surface area contributed by atoms with Crippen LogP contribution in [0.3, 0.4) is 0 Å². The van der Waals surface area contributed by atoms with Gasteiger partial charge in [0.05, 0.1) is 6.04 Å². The molecule has 0 spiro atoms. The number of carbonyl (C=O) groups excluding carboxylic acids is 5. The van der Waals surface area contributed by atoms with Crippen molar-refractivity contribution in [3.8, 4) is 0 Å². The minimum absolute atomic E-state index is 0.0758. The maximum Gasteiger partial charge on any atom is 0.315 e. The van der Waals surface area contributed by atoms with Crippen molar-refractivity contribution in [2.24, 2.45) is 23.5 Å². The molecule has 2 saturated carbocycles. The van der Waals surface area contributed by atoms with Crippen LogP contribution in [0.15, 0.2) is 0 Å². The van der Waals surface area contributed by atoms with Gasteiger partial charge in [-0.1, -0.05) is 39.0 Å². The Kier molecular flexibility index (Phi) is 9.61. The molecule has 10 nitrogen and oxygen atoms in total. The molecule has 3 fully saturated rings. The number of hydrogen-bond acceptors (Lipinski definition) is 5. The third-order valence-corrected chi connectivity index (χ3v) is 8.83. The second kappa shape index (κ2) is 12.0. The number of unbranched alkanes of at least 4 members (excludes halogenated alkanes) is 1. The van der Waals surface area contributed by atoms with E-state index in [4.69, 9.17) is 28.9 Å². The fourth-order valence-electron chi connectivity index (χ4n) is 5.78. The first kappa shape index (κ1) is 30.5. The topological polar surface area (TPSA) is 151 Å². The van der Waals surface area contributed by atoms with Crippen LogP contribution in [0.5, 0.6) is 0 Å². The molecular weight excluding hydrogens is 533 g/mol. The highest BCUT2D eigenvalue weighted by atomic mass is 35.5. The molecule has 1 heterocycles. The van der Waals surface area contributed by atoms with Gasteiger partial charge in [0.1, 0.15) is 16.4 Å². The molecule has 5 N–H and O–H groups in total. The third kappa shape index (κ3) is 6.92. The van der Waals surface area contributed by atoms with Crippen molar-refractivity contribution >= 4 is 52.7 Å². The van der Waals surface area contributed by atoms with Crippen LogP contribution in [0, 0.1) is 17.8 Å². The molecule has 12 heteroatoms. The molecule has 5 atom stereocenters. The zero-order valence-electron chi connectivity index (χ0n) is 22.6. The Labute approximate surface area is 234 Å². The molecular formula is C26H41Cl2N5O5. The molecule has 3 aliphatic rings. The molecule has 2 aliphatic carbocycles. The van der Waals surface area contributed by atoms with E-state index in [2.05, 4.69) is 16.0 Å². The Morgan fingerprint density at radius 1 is 1.05 bits per heavy atom. The zero-order valence-corrected chi connectivity index (χ0v) is 24.2. The SMILES string of the molecule is CCCCC(NC(=O)[C@@H]1[C@@H]2[C@H](CN1C(=O)[C@@H](NC(=O)NC(C)(C)C)C1CCCCC1)C2(Cl)Cl)C(=O)C(N)=O. The number of alkyl halides is 2. The van der Waals surface area contributed by atoms with E-state index >= 15 is 0 Å². The maximum absolute atomic E-state index is 14.0. The first-order valence-electron chi connectivity index (χ1n) is 13.6. The smallest absolute Gasteiger partial charge is 0.315 e. The van der Waals surface area contributed by atoms with E-state index in [1.54, 1.807) is 0 Å². The van der Waals surface area contributed by atoms with Gasteiger partial charge in [0.25, 0.3) is 5.91 Å². The summed E-state index contributed by atoms with van der Waals surface area (Å²) in [6.07, 6.45) is 6.11. The van der Waals surface area contributed by atoms with E-state index < -0.39 is 57.5 Å². The van der Waals surface area contributed by atoms with Crippen molar-refractivity contribution in [3.63, 3.8) is 0 Å². The van der Waals surface area contributed by atoms with Gasteiger partial charge in [-0.3, -0.25) is 19.2 Å². The molecule has 0 radical (unpaired) electrons. The summed E-state index contributed by atoms with van der Waals surface area (Å²) in [7, 11) is 0. The van der Waals surface area contributed by atoms with Crippen LogP contribution in [0.4, 0.5) is 4.79 Å². The van der Waals surface area contributed by atoms with Crippen molar-refractivity contribution in [2.75, 3.05) is 6.54 Å². The highest BCUT2D eigenvalue weighted by molar-refractivity contribution is 6.51. The molecule has 1 aliphatic heterocycles. The summed E-state index contributed by atoms with van der Waals surface area (Å²) >= 11 is 12.9. The Hall–Kier alpha value is -2.07. The average molecular weight is 575 g/mol. The first-order valence-corrected chi connectivity index (χ1v) is 14.4. The monoisotopic (exact) mass is 573 g/mol. The van der Waals surface area contributed by atoms with Crippen LogP contribution in [-0.4, -0.2) is 69.0 Å². The van der Waals surface area contributed by atoms with Gasteiger partial charge in [-0.15, -0.1) is 23.2 Å². The number of nitrogens with zero attached hydrogens (tertiary/aromatic N) is 1. The molecule has 3 rings (SSSR count). The van der Waals surface area contributed by atoms with Gasteiger partial charge < -0.3 is 26.6 Å². The molecule has 1 saturated heterocycles. The molecule has 214 valence electrons. The van der Waals surface area contributed by atoms with Crippen LogP contribution in [-0.2, 0) is 19.2 Å². The van der Waals surface area contributed by atoms with Crippen molar-refractivity contribution in [1.82, 2.24) is 20.9 Å². The third-order valence-electron chi connectivity index (χ3n) is 7.77. The largest absolute Gasteiger partial charge is 0.363 e. The highest BCUT2D eigenvalue weighted by Crippen LogP contribution is 2.65. The lowest BCUT2D eigenvalue weighted by Crippen LogP contribution is -2.61. The number of halogens is 2. The summed E-state index contributed by atoms with van der Waals surface area (Å²) in [5.41, 5.74) is 4.71. The molecule has 0 aromatic heterocycles. The van der Waals surface area contributed by atoms with Crippen LogP contribution in [0.2, 0.25) is 0 Å². The summed E-state index contributed by atoms with van der Waals surface area (Å²) in [4.78, 5) is 65.8. The molecule has 0 aromatic carbocycles. The molecule has 0 bridgehead atoms. The van der Waals surface area contributed by atoms with Crippen LogP contribution >= 0.6 is 23.2 Å². The summed E-state index contributed by atoms with van der Waals surface area (Å²) in [6.45, 7) is 7.62. The summed E-state index contributed by atoms with van der Waals surface area (Å²) in [6, 6.07) is -3.42. The number of nitrogens with two attached hydrogens (primary N) is 1. The number of primary amides is 1. The first-order chi connectivity index (χ1) is 17.7. The fraction of sp³-hybridized carbons (Fsp3) is 0.808. The molecule has 38 heavy (non-hydrogen) atoms. The summed E-state index contributed by atoms with van der Waals surface area (Å²) < 4.78 is -1.18. The van der Waals surface area contributed by atoms with Crippen molar-refractivity contribution in [2.45, 2.75) is 107 Å². The average Bonchev–Trinajstić information content (AvgIpc) is 3.16. The van der Waals surface area contributed by atoms with Gasteiger partial charge in [0, 0.05) is 23.9 Å². The second-order valence-electron chi connectivity index (χ2n) is 11.9. The van der Waals surface area contributed by atoms with Crippen molar-refractivity contribution < 1.29 is 24.0 Å². The fourth-order valence-corrected chi connectivity index (χ4v) is 6.61. The number of ketones is 1. The maximum atomic E-state index is 14.0. The predicted octanol–water partition coefficient (Wildman–Crippen LogP) is 2.39. The predicted molar refractivity (Wildman–Crippen MR) is 144 cm³/mol. The van der Waals surface area contributed by atoms with Gasteiger partial charge in [-0.25, -0.2) is 4.79 Å². The number of urea groups is 1. The highest BCUT2D eigenvalue weighted by Gasteiger charge is 2.74. The number of nitrogens with one attached hydrogen (secondary N) is 3. The lowest BCUT2D eigenvalue weighted by molar-refractivity contribution is -0.144. The summed E-state index contributed by atoms with van der Waals surface area (Å²) in [5, 5.41) is 8.37. The molecule has 1 unspecified atom stereocenters. The zero-order chi connectivity index (χ0) is 28.4. The van der Waals surface area contributed by atoms with E-state index in [0.29, 0.717) is 6.42 Å². The van der Waals surface area contributed by atoms with Crippen LogP contribution in [0.25, 0.3) is 0 Å². The second-order valence-corrected chi connectivity index (χ2v) is 13.3. The quantitative estimate of drug-likeness (QED) is 0.233. The van der Waals surface area contributed by atoms with Gasteiger partial charge >= 0.3 is 6.03 Å². The number of fused-ring (bicyclic) bond motifs is 1. The lowest BCUT2D eigenvalue weighted by atomic mass is 9.83. The van der Waals surface area contributed by atoms with Gasteiger partial charge in [0.15, 0.2) is 0 Å². The van der Waals surface area contributed by atoms with Crippen LogP contribution in [0.1, 0.15) is 79.1 Å². The normalized spacial score (nSPS) is 26.1. The number of piperidine rings is 1. The van der Waals surface area contributed by atoms with Gasteiger partial charge in [-0.05, 0) is 46.0 Å². The van der Waals surface area contributed by atoms with Gasteiger partial charge in [0.2, 0.25) is 17.6 Å². The van der Waals surface area contributed by atoms with Crippen LogP contribution < -0.4 is 21.7 Å². The number of rotatable bonds is 10. The number of likely N-dealkylation sites (tertiary alicyclic amines) is 1. The minimum Gasteiger partial charge on any atom is -0.363 e. The standard InChI is InChI=1S/C26H41Cl2N5O5/c1-5-6-12-16(20(34)21(29)35)30-22(36)19-17-15(26(17,27)28)13-33(19)23(37)18(14-10-8-7-9-11-14)31-24(38)32-25(2,3)4/h14-19H,5-13H2,1-4H3,(H2,29,35)(H,30,36)(H2,31,32,38)/t15-,16?,17-,18-,19-/m0/s1. The number of amides is 5. The van der Waals surface area contributed by atoms with Crippen molar-refractivity contribution in [1.29, 1.82) is 0 Å². The Balaban J connectivity index is 1.85. The Morgan fingerprint density at radius 3 is 2.24 bits per heavy atom. The van der Waals surface area contributed by atoms with E-state index in [1.165, 1.54) is 4.90 Å². The lowest BCUT2D eigenvalue weighted by Gasteiger charge is -2.37. The number of carbonyl (C=O) groups is 5. The Morgan fingerprint density at radius 2 is 1.68 bits per heavy atom. The van der Waals surface area contributed by atoms with E-state index in [1.807, 2.05) is 27.7 Å². The van der Waals surface area contributed by atoms with Crippen molar-refractivity contribution in [3.05, 3.63) is 0 Å². The van der Waals surface area contributed by atoms with E-state index in [-0.39, 0.29) is 30.7 Å². The van der Waals surface area contributed by atoms with Gasteiger partial charge in [-0.2, -0.15) is 0 Å². The van der Waals surface area contributed by atoms with E-state index in [0.717, 1.165) is 38.5 Å².